The fraction of sp³-hybridized carbons (Fsp3) is 0.500. The number of rotatable bonds is 4. The number of nitrogens with zero attached hydrogens (tertiary/aromatic N) is 1. The van der Waals surface area contributed by atoms with Gasteiger partial charge in [0.15, 0.2) is 12.4 Å². The van der Waals surface area contributed by atoms with E-state index in [1.165, 1.54) is 0 Å². The smallest absolute Gasteiger partial charge is 0.331 e. The summed E-state index contributed by atoms with van der Waals surface area (Å²) in [6.45, 7) is 0. The summed E-state index contributed by atoms with van der Waals surface area (Å²) in [5.74, 6) is -1.25. The van der Waals surface area contributed by atoms with Crippen molar-refractivity contribution >= 4 is 13.5 Å². The summed E-state index contributed by atoms with van der Waals surface area (Å²) < 4.78 is 30.1. The van der Waals surface area contributed by atoms with Crippen LogP contribution in [0, 0.1) is 0 Å². The number of aliphatic hydroxyl groups excluding tert-OH is 1. The number of aromatic amines is 1. The molecule has 4 N–H and O–H groups in total. The molecule has 4 atom stereocenters. The van der Waals surface area contributed by atoms with Crippen LogP contribution in [-0.2, 0) is 9.30 Å². The highest BCUT2D eigenvalue weighted by atomic mass is 31.2. The highest BCUT2D eigenvalue weighted by Crippen LogP contribution is 2.37. The Morgan fingerprint density at radius 3 is 2.65 bits per heavy atom. The number of carbonyl (C=O) groups excluding carboxylic acids is 1. The summed E-state index contributed by atoms with van der Waals surface area (Å²) in [5.41, 5.74) is 2.07. The highest BCUT2D eigenvalue weighted by Gasteiger charge is 2.46. The van der Waals surface area contributed by atoms with Crippen LogP contribution in [0.2, 0.25) is 0 Å². The van der Waals surface area contributed by atoms with Crippen molar-refractivity contribution < 1.29 is 33.4 Å². The molecule has 0 radical (unpaired) electrons. The number of ether oxygens (including phenoxy) is 1. The standard InChI is InChI=1S/C10H13FN3O8P/c11-6-7(16)4(2-23(19,20)21)22-9(6)14-3(8(12)17)1-5(15)13-10(14)18/h1,4,6-7,9,16H,2H2,(H2,12,17)(H,13,15,18)(H2,19,20,21)/p-2/t4-,6-,7-,9-/m1/s1. The zero-order chi connectivity index (χ0) is 17.5. The summed E-state index contributed by atoms with van der Waals surface area (Å²) in [6, 6.07) is 0.617. The number of amides is 1. The van der Waals surface area contributed by atoms with Crippen LogP contribution in [0.25, 0.3) is 0 Å². The van der Waals surface area contributed by atoms with Crippen molar-refractivity contribution in [3.05, 3.63) is 32.6 Å². The summed E-state index contributed by atoms with van der Waals surface area (Å²) in [7, 11) is -5.14. The van der Waals surface area contributed by atoms with Gasteiger partial charge in [0.2, 0.25) is 0 Å². The van der Waals surface area contributed by atoms with E-state index in [1.54, 1.807) is 4.98 Å². The predicted octanol–water partition coefficient (Wildman–Crippen LogP) is -3.85. The third-order valence-corrected chi connectivity index (χ3v) is 3.99. The van der Waals surface area contributed by atoms with Gasteiger partial charge in [-0.05, 0) is 0 Å². The van der Waals surface area contributed by atoms with Gasteiger partial charge >= 0.3 is 5.69 Å². The molecule has 1 amide bonds. The topological polar surface area (TPSA) is 191 Å². The fourth-order valence-electron chi connectivity index (χ4n) is 2.23. The average Bonchev–Trinajstić information content (AvgIpc) is 2.64. The lowest BCUT2D eigenvalue weighted by molar-refractivity contribution is -0.315. The second-order valence-corrected chi connectivity index (χ2v) is 6.44. The number of alkyl halides is 1. The SMILES string of the molecule is NC(=O)c1cc(=O)[nH]c(=O)n1[C@@H]1O[C@H](CP(=O)([O-])[O-])[C@@H](O)[C@H]1F. The first-order chi connectivity index (χ1) is 10.5. The molecule has 0 unspecified atom stereocenters. The van der Waals surface area contributed by atoms with Crippen LogP contribution in [0.3, 0.4) is 0 Å². The molecule has 1 fully saturated rings. The molecular formula is C10H11FN3O8P-2. The van der Waals surface area contributed by atoms with Gasteiger partial charge in [-0.15, -0.1) is 0 Å². The number of hydrogen-bond acceptors (Lipinski definition) is 8. The Bertz CT molecular complexity index is 785. The lowest BCUT2D eigenvalue weighted by atomic mass is 10.1. The van der Waals surface area contributed by atoms with Crippen molar-refractivity contribution in [1.29, 1.82) is 0 Å². The third kappa shape index (κ3) is 3.57. The largest absolute Gasteiger partial charge is 0.811 e. The maximum Gasteiger partial charge on any atom is 0.331 e. The molecule has 0 saturated carbocycles. The Balaban J connectivity index is 2.47. The van der Waals surface area contributed by atoms with E-state index >= 15 is 0 Å². The van der Waals surface area contributed by atoms with Crippen molar-refractivity contribution in [3.8, 4) is 0 Å². The zero-order valence-corrected chi connectivity index (χ0v) is 12.1. The fourth-order valence-corrected chi connectivity index (χ4v) is 2.97. The van der Waals surface area contributed by atoms with Crippen LogP contribution in [0.1, 0.15) is 16.7 Å². The van der Waals surface area contributed by atoms with Crippen molar-refractivity contribution in [2.24, 2.45) is 5.73 Å². The molecule has 0 spiro atoms. The molecule has 1 aromatic heterocycles. The number of primary amides is 1. The van der Waals surface area contributed by atoms with Gasteiger partial charge in [0.1, 0.15) is 11.8 Å². The molecule has 128 valence electrons. The number of aliphatic hydroxyl groups is 1. The van der Waals surface area contributed by atoms with Crippen LogP contribution in [0.5, 0.6) is 0 Å². The Kier molecular flexibility index (Phi) is 4.55. The highest BCUT2D eigenvalue weighted by molar-refractivity contribution is 7.48. The quantitative estimate of drug-likeness (QED) is 0.459. The Morgan fingerprint density at radius 1 is 1.52 bits per heavy atom. The van der Waals surface area contributed by atoms with Gasteiger partial charge in [0.25, 0.3) is 11.5 Å². The number of aromatic nitrogens is 2. The van der Waals surface area contributed by atoms with Gasteiger partial charge in [0, 0.05) is 12.2 Å². The molecule has 1 aliphatic heterocycles. The van der Waals surface area contributed by atoms with E-state index < -0.39 is 61.2 Å². The van der Waals surface area contributed by atoms with E-state index in [4.69, 9.17) is 10.5 Å². The van der Waals surface area contributed by atoms with Gasteiger partial charge in [-0.3, -0.25) is 19.1 Å². The van der Waals surface area contributed by atoms with Crippen LogP contribution in [0.4, 0.5) is 4.39 Å². The van der Waals surface area contributed by atoms with Crippen molar-refractivity contribution in [1.82, 2.24) is 9.55 Å². The molecule has 0 bridgehead atoms. The zero-order valence-electron chi connectivity index (χ0n) is 11.2. The number of carbonyl (C=O) groups is 1. The molecule has 23 heavy (non-hydrogen) atoms. The Morgan fingerprint density at radius 2 is 2.13 bits per heavy atom. The van der Waals surface area contributed by atoms with E-state index in [9.17, 15) is 38.2 Å². The van der Waals surface area contributed by atoms with Gasteiger partial charge in [-0.1, -0.05) is 7.60 Å². The van der Waals surface area contributed by atoms with E-state index in [2.05, 4.69) is 0 Å². The summed E-state index contributed by atoms with van der Waals surface area (Å²) in [4.78, 5) is 57.5. The first-order valence-electron chi connectivity index (χ1n) is 6.15. The van der Waals surface area contributed by atoms with E-state index in [1.807, 2.05) is 0 Å². The normalized spacial score (nSPS) is 28.0. The van der Waals surface area contributed by atoms with Crippen molar-refractivity contribution in [2.75, 3.05) is 6.16 Å². The van der Waals surface area contributed by atoms with Crippen LogP contribution in [0.15, 0.2) is 15.7 Å². The maximum atomic E-state index is 14.1. The van der Waals surface area contributed by atoms with Crippen molar-refractivity contribution in [3.63, 3.8) is 0 Å². The number of nitrogens with two attached hydrogens (primary N) is 1. The minimum atomic E-state index is -5.14. The minimum Gasteiger partial charge on any atom is -0.811 e. The number of H-pyrrole nitrogens is 1. The van der Waals surface area contributed by atoms with Crippen LogP contribution in [-0.4, -0.2) is 45.1 Å². The summed E-state index contributed by atoms with van der Waals surface area (Å²) in [5, 5.41) is 9.63. The first kappa shape index (κ1) is 17.5. The molecule has 11 nitrogen and oxygen atoms in total. The van der Waals surface area contributed by atoms with Crippen LogP contribution < -0.4 is 26.8 Å². The van der Waals surface area contributed by atoms with Crippen LogP contribution >= 0.6 is 7.60 Å². The molecule has 1 saturated heterocycles. The molecule has 0 aliphatic carbocycles. The van der Waals surface area contributed by atoms with Gasteiger partial charge < -0.3 is 29.9 Å². The monoisotopic (exact) mass is 351 g/mol. The molecule has 0 aromatic carbocycles. The Labute approximate surface area is 126 Å². The van der Waals surface area contributed by atoms with Gasteiger partial charge in [-0.2, -0.15) is 0 Å². The van der Waals surface area contributed by atoms with E-state index in [0.29, 0.717) is 10.6 Å². The minimum absolute atomic E-state index is 0.345. The third-order valence-electron chi connectivity index (χ3n) is 3.18. The predicted molar refractivity (Wildman–Crippen MR) is 67.1 cm³/mol. The van der Waals surface area contributed by atoms with Gasteiger partial charge in [-0.25, -0.2) is 9.18 Å². The number of nitrogens with one attached hydrogen (secondary N) is 1. The van der Waals surface area contributed by atoms with E-state index in [-0.39, 0.29) is 0 Å². The molecule has 2 rings (SSSR count). The second-order valence-electron chi connectivity index (χ2n) is 4.85. The lowest BCUT2D eigenvalue weighted by Crippen LogP contribution is -2.40. The average molecular weight is 351 g/mol. The van der Waals surface area contributed by atoms with Crippen molar-refractivity contribution in [2.45, 2.75) is 24.6 Å². The first-order valence-corrected chi connectivity index (χ1v) is 7.88. The second kappa shape index (κ2) is 5.98. The van der Waals surface area contributed by atoms with E-state index in [0.717, 1.165) is 0 Å². The molecule has 13 heteroatoms. The maximum absolute atomic E-state index is 14.1. The molecule has 1 aromatic rings. The summed E-state index contributed by atoms with van der Waals surface area (Å²) >= 11 is 0. The number of hydrogen-bond donors (Lipinski definition) is 3. The molecular weight excluding hydrogens is 340 g/mol. The lowest BCUT2D eigenvalue weighted by Gasteiger charge is -2.32. The Hall–Kier alpha value is -1.85. The summed E-state index contributed by atoms with van der Waals surface area (Å²) in [6.07, 6.45) is -9.26. The molecule has 1 aliphatic rings. The molecule has 2 heterocycles. The van der Waals surface area contributed by atoms with Gasteiger partial charge in [0.05, 0.1) is 6.10 Å². The number of halogens is 1.